The van der Waals surface area contributed by atoms with E-state index in [0.717, 1.165) is 52.4 Å². The summed E-state index contributed by atoms with van der Waals surface area (Å²) < 4.78 is 7.80. The normalized spacial score (nSPS) is 17.2. The van der Waals surface area contributed by atoms with Gasteiger partial charge in [-0.15, -0.1) is 0 Å². The number of aromatic carboxylic acids is 1. The lowest BCUT2D eigenvalue weighted by Gasteiger charge is -2.35. The number of carbonyl (C=O) groups is 2. The van der Waals surface area contributed by atoms with Gasteiger partial charge in [-0.2, -0.15) is 0 Å². The molecule has 1 aromatic heterocycles. The summed E-state index contributed by atoms with van der Waals surface area (Å²) in [5.41, 5.74) is 6.35. The Morgan fingerprint density at radius 3 is 2.49 bits per heavy atom. The van der Waals surface area contributed by atoms with Crippen LogP contribution in [0.5, 0.6) is 0 Å². The second-order valence-corrected chi connectivity index (χ2v) is 11.9. The molecule has 0 unspecified atom stereocenters. The third-order valence-electron chi connectivity index (χ3n) is 8.58. The van der Waals surface area contributed by atoms with Crippen molar-refractivity contribution in [2.75, 3.05) is 44.7 Å². The van der Waals surface area contributed by atoms with E-state index in [-0.39, 0.29) is 17.6 Å². The number of aryl methyl sites for hydroxylation is 2. The number of amides is 1. The number of anilines is 2. The standard InChI is InChI=1S/C33H36ClN5O4/c1-21-4-9-29(27(34)16-21)36(3)24-7-5-22(2)26(18-24)32(40)38-13-11-37(12-14-38)20-31-35-28-8-6-23(33(41)42)17-30(28)39(31)19-25-10-15-43-25/h4-9,16-18,25H,10-15,19-20H2,1-3H3,(H,41,42)/t25-/m0/s1. The molecule has 43 heavy (non-hydrogen) atoms. The quantitative estimate of drug-likeness (QED) is 0.284. The maximum atomic E-state index is 13.7. The first kappa shape index (κ1) is 29.2. The lowest BCUT2D eigenvalue weighted by molar-refractivity contribution is -0.0592. The van der Waals surface area contributed by atoms with Crippen molar-refractivity contribution in [2.24, 2.45) is 0 Å². The van der Waals surface area contributed by atoms with Gasteiger partial charge < -0.3 is 24.2 Å². The number of fused-ring (bicyclic) bond motifs is 1. The van der Waals surface area contributed by atoms with E-state index in [4.69, 9.17) is 21.3 Å². The number of carboxylic acid groups (broad SMARTS) is 1. The maximum Gasteiger partial charge on any atom is 0.335 e. The predicted octanol–water partition coefficient (Wildman–Crippen LogP) is 5.52. The van der Waals surface area contributed by atoms with Gasteiger partial charge in [-0.1, -0.05) is 23.7 Å². The molecule has 2 aliphatic rings. The van der Waals surface area contributed by atoms with Gasteiger partial charge in [0.25, 0.3) is 5.91 Å². The van der Waals surface area contributed by atoms with Gasteiger partial charge in [-0.25, -0.2) is 9.78 Å². The molecule has 0 bridgehead atoms. The van der Waals surface area contributed by atoms with E-state index in [9.17, 15) is 14.7 Å². The number of halogens is 1. The van der Waals surface area contributed by atoms with Crippen molar-refractivity contribution in [3.8, 4) is 0 Å². The molecule has 3 aromatic carbocycles. The number of carbonyl (C=O) groups excluding carboxylic acids is 1. The van der Waals surface area contributed by atoms with E-state index in [1.165, 1.54) is 0 Å². The van der Waals surface area contributed by atoms with Crippen LogP contribution < -0.4 is 4.90 Å². The summed E-state index contributed by atoms with van der Waals surface area (Å²) in [5.74, 6) is -0.0459. The number of nitrogens with zero attached hydrogens (tertiary/aromatic N) is 5. The van der Waals surface area contributed by atoms with Crippen LogP contribution in [0.4, 0.5) is 11.4 Å². The lowest BCUT2D eigenvalue weighted by Crippen LogP contribution is -2.48. The van der Waals surface area contributed by atoms with Crippen molar-refractivity contribution in [3.63, 3.8) is 0 Å². The summed E-state index contributed by atoms with van der Waals surface area (Å²) >= 11 is 6.53. The van der Waals surface area contributed by atoms with Gasteiger partial charge in [-0.3, -0.25) is 9.69 Å². The third kappa shape index (κ3) is 5.98. The number of hydrogen-bond acceptors (Lipinski definition) is 6. The number of hydrogen-bond donors (Lipinski definition) is 1. The average molecular weight is 602 g/mol. The minimum Gasteiger partial charge on any atom is -0.478 e. The molecule has 6 rings (SSSR count). The Morgan fingerprint density at radius 1 is 1.05 bits per heavy atom. The number of imidazole rings is 1. The van der Waals surface area contributed by atoms with E-state index in [1.807, 2.05) is 67.1 Å². The van der Waals surface area contributed by atoms with Crippen LogP contribution in [-0.4, -0.2) is 82.3 Å². The Balaban J connectivity index is 1.16. The molecule has 1 N–H and O–H groups in total. The number of rotatable bonds is 8. The summed E-state index contributed by atoms with van der Waals surface area (Å²) in [4.78, 5) is 36.4. The molecule has 0 radical (unpaired) electrons. The van der Waals surface area contributed by atoms with Gasteiger partial charge in [0.15, 0.2) is 0 Å². The Hall–Kier alpha value is -3.92. The molecule has 2 fully saturated rings. The molecule has 0 aliphatic carbocycles. The summed E-state index contributed by atoms with van der Waals surface area (Å²) in [6.07, 6.45) is 1.09. The van der Waals surface area contributed by atoms with Crippen LogP contribution in [-0.2, 0) is 17.8 Å². The van der Waals surface area contributed by atoms with Gasteiger partial charge >= 0.3 is 5.97 Å². The van der Waals surface area contributed by atoms with Crippen molar-refractivity contribution < 1.29 is 19.4 Å². The zero-order valence-corrected chi connectivity index (χ0v) is 25.5. The number of aromatic nitrogens is 2. The van der Waals surface area contributed by atoms with Crippen LogP contribution in [0.15, 0.2) is 54.6 Å². The molecule has 9 nitrogen and oxygen atoms in total. The van der Waals surface area contributed by atoms with E-state index in [0.29, 0.717) is 49.9 Å². The second-order valence-electron chi connectivity index (χ2n) is 11.5. The monoisotopic (exact) mass is 601 g/mol. The molecule has 0 saturated carbocycles. The molecular weight excluding hydrogens is 566 g/mol. The van der Waals surface area contributed by atoms with E-state index in [2.05, 4.69) is 9.47 Å². The Bertz CT molecular complexity index is 1690. The van der Waals surface area contributed by atoms with E-state index in [1.54, 1.807) is 18.2 Å². The van der Waals surface area contributed by atoms with Gasteiger partial charge in [-0.05, 0) is 73.9 Å². The Kier molecular flexibility index (Phi) is 8.13. The summed E-state index contributed by atoms with van der Waals surface area (Å²) in [5, 5.41) is 10.2. The molecule has 10 heteroatoms. The minimum atomic E-state index is -0.955. The zero-order chi connectivity index (χ0) is 30.2. The fraction of sp³-hybridized carbons (Fsp3) is 0.364. The first-order chi connectivity index (χ1) is 20.7. The molecule has 3 heterocycles. The Morgan fingerprint density at radius 2 is 1.81 bits per heavy atom. The molecule has 0 spiro atoms. The molecule has 2 saturated heterocycles. The summed E-state index contributed by atoms with van der Waals surface area (Å²) in [6, 6.07) is 17.0. The van der Waals surface area contributed by atoms with E-state index < -0.39 is 5.97 Å². The van der Waals surface area contributed by atoms with Crippen molar-refractivity contribution >= 4 is 45.9 Å². The SMILES string of the molecule is Cc1ccc(N(C)c2ccc(C)c(C(=O)N3CCN(Cc4nc5ccc(C(=O)O)cc5n4C[C@@H]4CCO4)CC3)c2)c(Cl)c1. The number of carboxylic acids is 1. The zero-order valence-electron chi connectivity index (χ0n) is 24.7. The van der Waals surface area contributed by atoms with Gasteiger partial charge in [0.2, 0.25) is 0 Å². The minimum absolute atomic E-state index is 0.0259. The number of benzene rings is 3. The van der Waals surface area contributed by atoms with Crippen LogP contribution in [0.25, 0.3) is 11.0 Å². The van der Waals surface area contributed by atoms with Crippen molar-refractivity contribution in [1.29, 1.82) is 0 Å². The van der Waals surface area contributed by atoms with Crippen LogP contribution in [0, 0.1) is 13.8 Å². The average Bonchev–Trinajstić information content (AvgIpc) is 3.30. The van der Waals surface area contributed by atoms with E-state index >= 15 is 0 Å². The van der Waals surface area contributed by atoms with Crippen LogP contribution in [0.3, 0.4) is 0 Å². The topological polar surface area (TPSA) is 91.1 Å². The molecule has 4 aromatic rings. The highest BCUT2D eigenvalue weighted by molar-refractivity contribution is 6.33. The number of ether oxygens (including phenoxy) is 1. The van der Waals surface area contributed by atoms with Crippen LogP contribution in [0.2, 0.25) is 5.02 Å². The Labute approximate surface area is 256 Å². The van der Waals surface area contributed by atoms with Crippen molar-refractivity contribution in [3.05, 3.63) is 87.7 Å². The van der Waals surface area contributed by atoms with Crippen LogP contribution in [0.1, 0.15) is 44.1 Å². The highest BCUT2D eigenvalue weighted by atomic mass is 35.5. The lowest BCUT2D eigenvalue weighted by atomic mass is 10.0. The third-order valence-corrected chi connectivity index (χ3v) is 8.88. The highest BCUT2D eigenvalue weighted by Crippen LogP contribution is 2.32. The highest BCUT2D eigenvalue weighted by Gasteiger charge is 2.27. The van der Waals surface area contributed by atoms with Crippen molar-refractivity contribution in [2.45, 2.75) is 39.5 Å². The molecule has 2 aliphatic heterocycles. The van der Waals surface area contributed by atoms with Gasteiger partial charge in [0, 0.05) is 51.1 Å². The predicted molar refractivity (Wildman–Crippen MR) is 168 cm³/mol. The van der Waals surface area contributed by atoms with Crippen LogP contribution >= 0.6 is 11.6 Å². The molecule has 224 valence electrons. The summed E-state index contributed by atoms with van der Waals surface area (Å²) in [7, 11) is 1.96. The largest absolute Gasteiger partial charge is 0.478 e. The molecular formula is C33H36ClN5O4. The fourth-order valence-electron chi connectivity index (χ4n) is 5.81. The van der Waals surface area contributed by atoms with Gasteiger partial charge in [0.1, 0.15) is 5.82 Å². The first-order valence-corrected chi connectivity index (χ1v) is 15.0. The summed E-state index contributed by atoms with van der Waals surface area (Å²) in [6.45, 7) is 8.64. The molecule has 1 amide bonds. The first-order valence-electron chi connectivity index (χ1n) is 14.6. The maximum absolute atomic E-state index is 13.7. The fourth-order valence-corrected chi connectivity index (χ4v) is 6.18. The smallest absolute Gasteiger partial charge is 0.335 e. The second kappa shape index (κ2) is 12.0. The van der Waals surface area contributed by atoms with Crippen molar-refractivity contribution in [1.82, 2.24) is 19.4 Å². The van der Waals surface area contributed by atoms with Gasteiger partial charge in [0.05, 0.1) is 46.5 Å². The number of piperazine rings is 1. The molecule has 1 atom stereocenters.